The molecule has 2 aromatic carbocycles. The summed E-state index contributed by atoms with van der Waals surface area (Å²) < 4.78 is 10.3. The third-order valence-corrected chi connectivity index (χ3v) is 2.22. The molecular weight excluding hydrogens is 212 g/mol. The lowest BCUT2D eigenvalue weighted by atomic mass is 10.3. The summed E-state index contributed by atoms with van der Waals surface area (Å²) in [5.41, 5.74) is 0. The highest BCUT2D eigenvalue weighted by Crippen LogP contribution is 2.19. The van der Waals surface area contributed by atoms with E-state index in [1.54, 1.807) is 0 Å². The summed E-state index contributed by atoms with van der Waals surface area (Å²) in [6, 6.07) is 19.5. The minimum Gasteiger partial charge on any atom is -0.457 e. The number of epoxide rings is 1. The Morgan fingerprint density at radius 1 is 0.882 bits per heavy atom. The first kappa shape index (κ1) is 11.7. The molecule has 1 fully saturated rings. The molecule has 2 nitrogen and oxygen atoms in total. The smallest absolute Gasteiger partial charge is 0.127 e. The van der Waals surface area contributed by atoms with Crippen LogP contribution in [0.2, 0.25) is 0 Å². The first-order valence-electron chi connectivity index (χ1n) is 5.74. The molecule has 3 rings (SSSR count). The zero-order chi connectivity index (χ0) is 11.9. The van der Waals surface area contributed by atoms with Gasteiger partial charge in [-0.15, -0.1) is 0 Å². The Morgan fingerprint density at radius 3 is 1.53 bits per heavy atom. The van der Waals surface area contributed by atoms with Crippen LogP contribution in [0.5, 0.6) is 11.5 Å². The van der Waals surface area contributed by atoms with Gasteiger partial charge in [0.05, 0.1) is 12.7 Å². The van der Waals surface area contributed by atoms with Crippen LogP contribution in [-0.4, -0.2) is 12.7 Å². The summed E-state index contributed by atoms with van der Waals surface area (Å²) in [5.74, 6) is 1.74. The fourth-order valence-corrected chi connectivity index (χ4v) is 1.21. The van der Waals surface area contributed by atoms with Crippen molar-refractivity contribution in [2.45, 2.75) is 13.0 Å². The topological polar surface area (TPSA) is 21.8 Å². The van der Waals surface area contributed by atoms with Crippen LogP contribution in [0.4, 0.5) is 0 Å². The molecule has 2 heteroatoms. The molecule has 1 atom stereocenters. The van der Waals surface area contributed by atoms with Crippen LogP contribution in [0.1, 0.15) is 6.92 Å². The molecule has 0 saturated carbocycles. The molecule has 2 aromatic rings. The van der Waals surface area contributed by atoms with E-state index in [0.717, 1.165) is 18.1 Å². The van der Waals surface area contributed by atoms with E-state index in [0.29, 0.717) is 6.10 Å². The largest absolute Gasteiger partial charge is 0.457 e. The van der Waals surface area contributed by atoms with Crippen molar-refractivity contribution >= 4 is 0 Å². The molecule has 0 amide bonds. The highest BCUT2D eigenvalue weighted by Gasteiger charge is 2.13. The zero-order valence-electron chi connectivity index (χ0n) is 9.87. The molecule has 1 aliphatic heterocycles. The SMILES string of the molecule is CC1CO1.c1ccc(Oc2ccccc2)cc1. The Kier molecular flexibility index (Phi) is 4.17. The van der Waals surface area contributed by atoms with Crippen molar-refractivity contribution in [3.8, 4) is 11.5 Å². The molecule has 1 heterocycles. The quantitative estimate of drug-likeness (QED) is 0.727. The standard InChI is InChI=1S/C12H10O.C3H6O/c1-3-7-11(8-4-1)13-12-9-5-2-6-10-12;1-3-2-4-3/h1-10H;3H,2H2,1H3. The van der Waals surface area contributed by atoms with Crippen LogP contribution in [0.15, 0.2) is 60.7 Å². The van der Waals surface area contributed by atoms with Gasteiger partial charge >= 0.3 is 0 Å². The summed E-state index contributed by atoms with van der Waals surface area (Å²) in [7, 11) is 0. The van der Waals surface area contributed by atoms with Crippen LogP contribution >= 0.6 is 0 Å². The molecule has 1 unspecified atom stereocenters. The zero-order valence-corrected chi connectivity index (χ0v) is 9.87. The number of ether oxygens (including phenoxy) is 2. The van der Waals surface area contributed by atoms with Gasteiger partial charge in [-0.25, -0.2) is 0 Å². The third kappa shape index (κ3) is 4.70. The van der Waals surface area contributed by atoms with E-state index < -0.39 is 0 Å². The third-order valence-electron chi connectivity index (χ3n) is 2.22. The van der Waals surface area contributed by atoms with Crippen molar-refractivity contribution in [2.75, 3.05) is 6.61 Å². The van der Waals surface area contributed by atoms with Crippen molar-refractivity contribution in [3.63, 3.8) is 0 Å². The van der Waals surface area contributed by atoms with Gasteiger partial charge in [0.15, 0.2) is 0 Å². The second-order valence-corrected chi connectivity index (χ2v) is 3.87. The average molecular weight is 228 g/mol. The predicted octanol–water partition coefficient (Wildman–Crippen LogP) is 3.88. The first-order chi connectivity index (χ1) is 8.34. The van der Waals surface area contributed by atoms with Crippen LogP contribution < -0.4 is 4.74 Å². The van der Waals surface area contributed by atoms with Crippen molar-refractivity contribution in [2.24, 2.45) is 0 Å². The molecule has 17 heavy (non-hydrogen) atoms. The van der Waals surface area contributed by atoms with Gasteiger partial charge < -0.3 is 9.47 Å². The van der Waals surface area contributed by atoms with Gasteiger partial charge in [0.1, 0.15) is 11.5 Å². The van der Waals surface area contributed by atoms with E-state index in [1.165, 1.54) is 0 Å². The fraction of sp³-hybridized carbons (Fsp3) is 0.200. The second-order valence-electron chi connectivity index (χ2n) is 3.87. The van der Waals surface area contributed by atoms with Crippen LogP contribution in [0.25, 0.3) is 0 Å². The minimum atomic E-state index is 0.583. The summed E-state index contributed by atoms with van der Waals surface area (Å²) in [5, 5.41) is 0. The highest BCUT2D eigenvalue weighted by atomic mass is 16.6. The van der Waals surface area contributed by atoms with E-state index in [9.17, 15) is 0 Å². The normalized spacial score (nSPS) is 16.6. The number of rotatable bonds is 2. The highest BCUT2D eigenvalue weighted by molar-refractivity contribution is 5.30. The summed E-state index contributed by atoms with van der Waals surface area (Å²) in [4.78, 5) is 0. The summed E-state index contributed by atoms with van der Waals surface area (Å²) in [6.45, 7) is 3.04. The number of para-hydroxylation sites is 2. The lowest BCUT2D eigenvalue weighted by Crippen LogP contribution is -1.81. The maximum absolute atomic E-state index is 5.58. The van der Waals surface area contributed by atoms with Gasteiger partial charge in [0.25, 0.3) is 0 Å². The number of hydrogen-bond acceptors (Lipinski definition) is 2. The van der Waals surface area contributed by atoms with Gasteiger partial charge in [-0.1, -0.05) is 36.4 Å². The van der Waals surface area contributed by atoms with Gasteiger partial charge in [-0.3, -0.25) is 0 Å². The van der Waals surface area contributed by atoms with Gasteiger partial charge in [0.2, 0.25) is 0 Å². The Bertz CT molecular complexity index is 384. The van der Waals surface area contributed by atoms with E-state index in [-0.39, 0.29) is 0 Å². The van der Waals surface area contributed by atoms with Gasteiger partial charge in [0, 0.05) is 0 Å². The summed E-state index contributed by atoms with van der Waals surface area (Å²) in [6.07, 6.45) is 0.583. The van der Waals surface area contributed by atoms with E-state index in [2.05, 4.69) is 6.92 Å². The Balaban J connectivity index is 0.000000228. The second kappa shape index (κ2) is 6.06. The molecule has 0 spiro atoms. The molecule has 1 saturated heterocycles. The lowest BCUT2D eigenvalue weighted by Gasteiger charge is -2.03. The summed E-state index contributed by atoms with van der Waals surface area (Å²) >= 11 is 0. The van der Waals surface area contributed by atoms with Crippen molar-refractivity contribution in [1.82, 2.24) is 0 Å². The molecule has 88 valence electrons. The number of hydrogen-bond donors (Lipinski definition) is 0. The van der Waals surface area contributed by atoms with Gasteiger partial charge in [-0.05, 0) is 31.2 Å². The van der Waals surface area contributed by atoms with Crippen LogP contribution in [0, 0.1) is 0 Å². The Morgan fingerprint density at radius 2 is 1.24 bits per heavy atom. The Hall–Kier alpha value is -1.80. The van der Waals surface area contributed by atoms with Crippen LogP contribution in [0.3, 0.4) is 0 Å². The molecular formula is C15H16O2. The van der Waals surface area contributed by atoms with Crippen molar-refractivity contribution in [3.05, 3.63) is 60.7 Å². The monoisotopic (exact) mass is 228 g/mol. The van der Waals surface area contributed by atoms with Gasteiger partial charge in [-0.2, -0.15) is 0 Å². The van der Waals surface area contributed by atoms with Crippen molar-refractivity contribution in [1.29, 1.82) is 0 Å². The maximum atomic E-state index is 5.58. The molecule has 0 bridgehead atoms. The predicted molar refractivity (Wildman–Crippen MR) is 68.4 cm³/mol. The van der Waals surface area contributed by atoms with E-state index in [1.807, 2.05) is 60.7 Å². The fourth-order valence-electron chi connectivity index (χ4n) is 1.21. The maximum Gasteiger partial charge on any atom is 0.127 e. The molecule has 0 aromatic heterocycles. The lowest BCUT2D eigenvalue weighted by molar-refractivity contribution is 0.423. The molecule has 0 radical (unpaired) electrons. The Labute approximate surface area is 102 Å². The van der Waals surface area contributed by atoms with E-state index >= 15 is 0 Å². The molecule has 0 aliphatic carbocycles. The van der Waals surface area contributed by atoms with Crippen molar-refractivity contribution < 1.29 is 9.47 Å². The molecule has 0 N–H and O–H groups in total. The molecule has 1 aliphatic rings. The number of benzene rings is 2. The minimum absolute atomic E-state index is 0.583. The average Bonchev–Trinajstić information content (AvgIpc) is 3.15. The van der Waals surface area contributed by atoms with Crippen LogP contribution in [-0.2, 0) is 4.74 Å². The van der Waals surface area contributed by atoms with E-state index in [4.69, 9.17) is 9.47 Å². The first-order valence-corrected chi connectivity index (χ1v) is 5.74.